The number of ether oxygens (including phenoxy) is 1. The fraction of sp³-hybridized carbons (Fsp3) is 0.548. The van der Waals surface area contributed by atoms with Crippen LogP contribution in [0.4, 0.5) is 13.2 Å². The highest BCUT2D eigenvalue weighted by Gasteiger charge is 2.33. The molecular weight excluding hydrogens is 477 g/mol. The van der Waals surface area contributed by atoms with Crippen molar-refractivity contribution in [1.29, 1.82) is 0 Å². The Balaban J connectivity index is 1.28. The van der Waals surface area contributed by atoms with Gasteiger partial charge >= 0.3 is 0 Å². The van der Waals surface area contributed by atoms with Crippen LogP contribution in [0.3, 0.4) is 0 Å². The van der Waals surface area contributed by atoms with Crippen molar-refractivity contribution in [3.05, 3.63) is 58.9 Å². The molecule has 3 aromatic rings. The molecule has 2 fully saturated rings. The van der Waals surface area contributed by atoms with Crippen LogP contribution in [-0.2, 0) is 11.2 Å². The van der Waals surface area contributed by atoms with Crippen LogP contribution < -0.4 is 0 Å². The van der Waals surface area contributed by atoms with E-state index in [1.807, 2.05) is 13.0 Å². The third kappa shape index (κ3) is 5.11. The molecule has 1 aliphatic heterocycles. The maximum absolute atomic E-state index is 15.3. The molecule has 2 heterocycles. The molecule has 2 aliphatic rings. The molecule has 1 saturated heterocycles. The first-order valence-corrected chi connectivity index (χ1v) is 14.6. The summed E-state index contributed by atoms with van der Waals surface area (Å²) in [5, 5.41) is 0.728. The van der Waals surface area contributed by atoms with Crippen LogP contribution in [0.1, 0.15) is 88.7 Å². The highest BCUT2D eigenvalue weighted by molar-refractivity contribution is 7.22. The van der Waals surface area contributed by atoms with Crippen molar-refractivity contribution < 1.29 is 17.9 Å². The summed E-state index contributed by atoms with van der Waals surface area (Å²) in [5.41, 5.74) is 1.27. The minimum atomic E-state index is -0.843. The molecule has 0 radical (unpaired) electrons. The molecule has 2 aromatic carbocycles. The number of halogens is 3. The molecule has 0 spiro atoms. The summed E-state index contributed by atoms with van der Waals surface area (Å²) in [4.78, 5) is 0.555. The monoisotopic (exact) mass is 514 g/mol. The number of thiophene rings is 1. The first-order valence-electron chi connectivity index (χ1n) is 13.8. The van der Waals surface area contributed by atoms with Crippen LogP contribution in [0.5, 0.6) is 0 Å². The Hall–Kier alpha value is -1.85. The maximum Gasteiger partial charge on any atom is 0.167 e. The summed E-state index contributed by atoms with van der Waals surface area (Å²) in [7, 11) is 0. The van der Waals surface area contributed by atoms with Gasteiger partial charge in [0.2, 0.25) is 0 Å². The fourth-order valence-electron chi connectivity index (χ4n) is 6.42. The van der Waals surface area contributed by atoms with E-state index in [1.54, 1.807) is 24.3 Å². The first kappa shape index (κ1) is 25.8. The van der Waals surface area contributed by atoms with Crippen LogP contribution in [0.25, 0.3) is 20.5 Å². The van der Waals surface area contributed by atoms with Gasteiger partial charge in [-0.3, -0.25) is 0 Å². The van der Waals surface area contributed by atoms with Crippen molar-refractivity contribution in [2.45, 2.75) is 90.1 Å². The predicted molar refractivity (Wildman–Crippen MR) is 143 cm³/mol. The van der Waals surface area contributed by atoms with Gasteiger partial charge in [0, 0.05) is 16.4 Å². The zero-order valence-electron chi connectivity index (χ0n) is 21.4. The van der Waals surface area contributed by atoms with E-state index in [1.165, 1.54) is 49.9 Å². The van der Waals surface area contributed by atoms with Crippen LogP contribution in [0.2, 0.25) is 0 Å². The Morgan fingerprint density at radius 1 is 0.861 bits per heavy atom. The van der Waals surface area contributed by atoms with E-state index in [9.17, 15) is 4.39 Å². The van der Waals surface area contributed by atoms with Gasteiger partial charge in [-0.05, 0) is 66.5 Å². The van der Waals surface area contributed by atoms with Gasteiger partial charge in [-0.2, -0.15) is 0 Å². The van der Waals surface area contributed by atoms with Gasteiger partial charge in [0.1, 0.15) is 5.82 Å². The molecule has 2 unspecified atom stereocenters. The summed E-state index contributed by atoms with van der Waals surface area (Å²) in [5.74, 6) is -0.523. The lowest BCUT2D eigenvalue weighted by atomic mass is 9.75. The molecule has 1 nitrogen and oxygen atoms in total. The Bertz CT molecular complexity index is 1190. The number of fused-ring (bicyclic) bond motifs is 1. The molecule has 0 N–H and O–H groups in total. The van der Waals surface area contributed by atoms with Gasteiger partial charge < -0.3 is 4.74 Å². The van der Waals surface area contributed by atoms with Crippen LogP contribution in [0.15, 0.2) is 30.3 Å². The Morgan fingerprint density at radius 2 is 1.67 bits per heavy atom. The minimum absolute atomic E-state index is 0.127. The lowest BCUT2D eigenvalue weighted by Gasteiger charge is -2.38. The highest BCUT2D eigenvalue weighted by atomic mass is 32.1. The molecule has 1 aliphatic carbocycles. The summed E-state index contributed by atoms with van der Waals surface area (Å²) < 4.78 is 52.3. The number of aryl methyl sites for hydroxylation is 1. The number of rotatable bonds is 7. The zero-order valence-corrected chi connectivity index (χ0v) is 22.2. The summed E-state index contributed by atoms with van der Waals surface area (Å²) in [6.45, 7) is 4.72. The summed E-state index contributed by atoms with van der Waals surface area (Å²) >= 11 is 1.19. The second-order valence-corrected chi connectivity index (χ2v) is 11.9. The van der Waals surface area contributed by atoms with E-state index in [0.29, 0.717) is 39.6 Å². The van der Waals surface area contributed by atoms with E-state index in [4.69, 9.17) is 4.74 Å². The SMILES string of the molecule is CCCc1ccc2cc(-c3ccc(C4CCC(C5CCC(CCC)CC5)OC4)c(F)c3F)sc2c1F. The van der Waals surface area contributed by atoms with Crippen molar-refractivity contribution in [2.24, 2.45) is 11.8 Å². The Kier molecular flexibility index (Phi) is 8.07. The molecule has 5 rings (SSSR count). The molecule has 1 aromatic heterocycles. The van der Waals surface area contributed by atoms with Gasteiger partial charge in [0.05, 0.1) is 17.4 Å². The molecule has 2 atom stereocenters. The molecule has 0 bridgehead atoms. The van der Waals surface area contributed by atoms with Gasteiger partial charge in [-0.15, -0.1) is 11.3 Å². The fourth-order valence-corrected chi connectivity index (χ4v) is 7.56. The van der Waals surface area contributed by atoms with Crippen molar-refractivity contribution in [3.63, 3.8) is 0 Å². The van der Waals surface area contributed by atoms with Crippen molar-refractivity contribution in [3.8, 4) is 10.4 Å². The van der Waals surface area contributed by atoms with Gasteiger partial charge in [-0.25, -0.2) is 13.2 Å². The zero-order chi connectivity index (χ0) is 25.2. The van der Waals surface area contributed by atoms with E-state index in [-0.39, 0.29) is 23.4 Å². The van der Waals surface area contributed by atoms with Crippen molar-refractivity contribution in [2.75, 3.05) is 6.61 Å². The third-order valence-corrected chi connectivity index (χ3v) is 9.64. The summed E-state index contributed by atoms with van der Waals surface area (Å²) in [6.07, 6.45) is 11.1. The van der Waals surface area contributed by atoms with Crippen LogP contribution in [-0.4, -0.2) is 12.7 Å². The van der Waals surface area contributed by atoms with Crippen LogP contribution in [0, 0.1) is 29.3 Å². The topological polar surface area (TPSA) is 9.23 Å². The van der Waals surface area contributed by atoms with E-state index in [2.05, 4.69) is 6.92 Å². The second kappa shape index (κ2) is 11.3. The molecule has 5 heteroatoms. The highest BCUT2D eigenvalue weighted by Crippen LogP contribution is 2.42. The van der Waals surface area contributed by atoms with Gasteiger partial charge in [-0.1, -0.05) is 70.2 Å². The minimum Gasteiger partial charge on any atom is -0.377 e. The average molecular weight is 515 g/mol. The lowest BCUT2D eigenvalue weighted by Crippen LogP contribution is -2.33. The third-order valence-electron chi connectivity index (χ3n) is 8.47. The smallest absolute Gasteiger partial charge is 0.167 e. The van der Waals surface area contributed by atoms with E-state index in [0.717, 1.165) is 30.6 Å². The largest absolute Gasteiger partial charge is 0.377 e. The standard InChI is InChI=1S/C31H37F3OS/c1-3-5-19-7-9-20(10-8-19)26-16-13-23(18-35-26)24-14-15-25(30(34)29(24)33)27-17-22-12-11-21(6-4-2)28(32)31(22)36-27/h11-12,14-15,17,19-20,23,26H,3-10,13,16,18H2,1-2H3. The molecule has 0 amide bonds. The molecule has 1 saturated carbocycles. The predicted octanol–water partition coefficient (Wildman–Crippen LogP) is 9.81. The number of hydrogen-bond donors (Lipinski definition) is 0. The second-order valence-electron chi connectivity index (χ2n) is 10.9. The summed E-state index contributed by atoms with van der Waals surface area (Å²) in [6, 6.07) is 8.80. The maximum atomic E-state index is 15.3. The van der Waals surface area contributed by atoms with Gasteiger partial charge in [0.15, 0.2) is 11.6 Å². The van der Waals surface area contributed by atoms with E-state index < -0.39 is 11.6 Å². The van der Waals surface area contributed by atoms with Crippen molar-refractivity contribution in [1.82, 2.24) is 0 Å². The lowest BCUT2D eigenvalue weighted by molar-refractivity contribution is -0.0440. The Labute approximate surface area is 217 Å². The molecule has 36 heavy (non-hydrogen) atoms. The molecular formula is C31H37F3OS. The van der Waals surface area contributed by atoms with Crippen molar-refractivity contribution >= 4 is 21.4 Å². The molecule has 194 valence electrons. The normalized spacial score (nSPS) is 24.9. The Morgan fingerprint density at radius 3 is 2.36 bits per heavy atom. The number of benzene rings is 2. The van der Waals surface area contributed by atoms with Gasteiger partial charge in [0.25, 0.3) is 0 Å². The first-order chi connectivity index (χ1) is 17.5. The quantitative estimate of drug-likeness (QED) is 0.305. The number of hydrogen-bond acceptors (Lipinski definition) is 2. The van der Waals surface area contributed by atoms with E-state index >= 15 is 8.78 Å². The average Bonchev–Trinajstić information content (AvgIpc) is 3.33. The van der Waals surface area contributed by atoms with Crippen LogP contribution >= 0.6 is 11.3 Å².